The second kappa shape index (κ2) is 10.2. The summed E-state index contributed by atoms with van der Waals surface area (Å²) >= 11 is 0. The molecule has 0 fully saturated rings. The number of nitrogens with two attached hydrogens (primary N) is 4. The quantitative estimate of drug-likeness (QED) is 0.209. The van der Waals surface area contributed by atoms with Crippen molar-refractivity contribution in [2.75, 3.05) is 4.90 Å². The van der Waals surface area contributed by atoms with E-state index in [1.165, 1.54) is 0 Å². The molecule has 0 saturated carbocycles. The number of phenolic OH excluding ortho intramolecular Hbond substituents is 1. The van der Waals surface area contributed by atoms with Gasteiger partial charge in [0.1, 0.15) is 5.75 Å². The molecule has 1 aromatic rings. The van der Waals surface area contributed by atoms with Crippen LogP contribution in [0.2, 0.25) is 0 Å². The normalized spacial score (nSPS) is 16.1. The third-order valence-corrected chi connectivity index (χ3v) is 4.78. The van der Waals surface area contributed by atoms with Gasteiger partial charge in [-0.1, -0.05) is 24.3 Å². The summed E-state index contributed by atoms with van der Waals surface area (Å²) in [7, 11) is 0. The fourth-order valence-corrected chi connectivity index (χ4v) is 3.43. The highest BCUT2D eigenvalue weighted by Crippen LogP contribution is 2.30. The Morgan fingerprint density at radius 1 is 0.871 bits per heavy atom. The number of aromatic hydroxyl groups is 1. The highest BCUT2D eigenvalue weighted by Gasteiger charge is 2.28. The van der Waals surface area contributed by atoms with Gasteiger partial charge in [0.15, 0.2) is 0 Å². The van der Waals surface area contributed by atoms with Crippen molar-refractivity contribution < 1.29 is 5.11 Å². The van der Waals surface area contributed by atoms with E-state index >= 15 is 0 Å². The first-order chi connectivity index (χ1) is 15.0. The minimum Gasteiger partial charge on any atom is -0.508 e. The zero-order chi connectivity index (χ0) is 22.2. The first kappa shape index (κ1) is 21.8. The Balaban J connectivity index is 2.20. The number of anilines is 1. The number of hydrogen-bond donors (Lipinski definition) is 5. The molecule has 10 heteroatoms. The van der Waals surface area contributed by atoms with Crippen LogP contribution in [0.15, 0.2) is 75.3 Å². The van der Waals surface area contributed by atoms with Crippen molar-refractivity contribution in [3.05, 3.63) is 60.0 Å². The van der Waals surface area contributed by atoms with Crippen LogP contribution in [-0.4, -0.2) is 28.0 Å². The fraction of sp³-hybridized carbons (Fsp3) is 0.286. The summed E-state index contributed by atoms with van der Waals surface area (Å²) in [6, 6.07) is 6.76. The Morgan fingerprint density at radius 2 is 1.65 bits per heavy atom. The molecule has 0 saturated heterocycles. The summed E-state index contributed by atoms with van der Waals surface area (Å²) in [4.78, 5) is 1.89. The minimum atomic E-state index is -0.192. The number of hydrazone groups is 1. The molecule has 9 N–H and O–H groups in total. The van der Waals surface area contributed by atoms with Crippen LogP contribution in [0, 0.1) is 0 Å². The monoisotopic (exact) mass is 423 g/mol. The third-order valence-electron chi connectivity index (χ3n) is 4.78. The number of guanidine groups is 3. The van der Waals surface area contributed by atoms with E-state index in [4.69, 9.17) is 22.9 Å². The second-order valence-corrected chi connectivity index (χ2v) is 7.16. The molecule has 2 aliphatic rings. The van der Waals surface area contributed by atoms with Crippen molar-refractivity contribution in [3.8, 4) is 5.75 Å². The van der Waals surface area contributed by atoms with Crippen LogP contribution in [0.3, 0.4) is 0 Å². The molecule has 164 valence electrons. The molecule has 0 aliphatic heterocycles. The molecule has 31 heavy (non-hydrogen) atoms. The van der Waals surface area contributed by atoms with Gasteiger partial charge in [0.2, 0.25) is 11.9 Å². The zero-order valence-corrected chi connectivity index (χ0v) is 17.4. The van der Waals surface area contributed by atoms with E-state index in [-0.39, 0.29) is 17.7 Å². The smallest absolute Gasteiger partial charge is 0.255 e. The van der Waals surface area contributed by atoms with Crippen LogP contribution in [-0.2, 0) is 0 Å². The number of rotatable bonds is 5. The molecule has 0 unspecified atom stereocenters. The summed E-state index contributed by atoms with van der Waals surface area (Å²) in [6.07, 6.45) is 13.5. The van der Waals surface area contributed by atoms with E-state index in [1.54, 1.807) is 29.3 Å². The largest absolute Gasteiger partial charge is 0.508 e. The summed E-state index contributed by atoms with van der Waals surface area (Å²) in [5, 5.41) is 24.0. The van der Waals surface area contributed by atoms with Gasteiger partial charge in [-0.2, -0.15) is 5.01 Å². The molecule has 0 heterocycles. The van der Waals surface area contributed by atoms with Gasteiger partial charge in [-0.15, -0.1) is 15.3 Å². The van der Waals surface area contributed by atoms with Gasteiger partial charge in [-0.3, -0.25) is 4.90 Å². The third kappa shape index (κ3) is 5.78. The Morgan fingerprint density at radius 3 is 2.23 bits per heavy atom. The topological polar surface area (TPSA) is 168 Å². The van der Waals surface area contributed by atoms with Gasteiger partial charge in [-0.25, -0.2) is 0 Å². The number of hydrogen-bond acceptors (Lipinski definition) is 4. The average Bonchev–Trinajstić information content (AvgIpc) is 2.77. The van der Waals surface area contributed by atoms with Crippen molar-refractivity contribution in [2.45, 2.75) is 38.5 Å². The second-order valence-electron chi connectivity index (χ2n) is 7.16. The van der Waals surface area contributed by atoms with Crippen LogP contribution >= 0.6 is 0 Å². The van der Waals surface area contributed by atoms with Gasteiger partial charge < -0.3 is 28.0 Å². The number of phenols is 1. The maximum Gasteiger partial charge on any atom is 0.255 e. The van der Waals surface area contributed by atoms with Crippen LogP contribution in [0.1, 0.15) is 38.5 Å². The van der Waals surface area contributed by atoms with Crippen LogP contribution in [0.25, 0.3) is 0 Å². The van der Waals surface area contributed by atoms with E-state index in [9.17, 15) is 5.11 Å². The lowest BCUT2D eigenvalue weighted by molar-refractivity contribution is 0.474. The molecular formula is C21H29N9O. The van der Waals surface area contributed by atoms with E-state index in [0.717, 1.165) is 49.2 Å². The predicted molar refractivity (Wildman–Crippen MR) is 124 cm³/mol. The molecular weight excluding hydrogens is 394 g/mol. The molecule has 0 amide bonds. The Kier molecular flexibility index (Phi) is 7.15. The fourth-order valence-electron chi connectivity index (χ4n) is 3.43. The Bertz CT molecular complexity index is 950. The van der Waals surface area contributed by atoms with E-state index in [1.807, 2.05) is 4.90 Å². The summed E-state index contributed by atoms with van der Waals surface area (Å²) < 4.78 is 0. The van der Waals surface area contributed by atoms with Crippen LogP contribution in [0.4, 0.5) is 5.69 Å². The maximum absolute atomic E-state index is 9.79. The van der Waals surface area contributed by atoms with Crippen molar-refractivity contribution in [2.24, 2.45) is 38.2 Å². The first-order valence-electron chi connectivity index (χ1n) is 10.1. The Labute approximate surface area is 181 Å². The molecule has 10 nitrogen and oxygen atoms in total. The van der Waals surface area contributed by atoms with Gasteiger partial charge in [0.25, 0.3) is 5.96 Å². The van der Waals surface area contributed by atoms with E-state index in [2.05, 4.69) is 39.6 Å². The summed E-state index contributed by atoms with van der Waals surface area (Å²) in [5.41, 5.74) is 25.3. The number of benzene rings is 1. The van der Waals surface area contributed by atoms with E-state index < -0.39 is 0 Å². The molecule has 0 spiro atoms. The molecule has 0 atom stereocenters. The number of allylic oxidation sites excluding steroid dienone is 5. The van der Waals surface area contributed by atoms with Crippen LogP contribution < -0.4 is 27.8 Å². The standard InChI is InChI=1S/C21H29N9O/c22-19(23)26-27-21(30(28-20(24)25)17-9-5-2-6-10-17)29(15-7-3-1-4-8-15)16-11-13-18(31)14-12-16/h1,3,8-9,11-14,31H,2,4-7,10H2,(H4,22,23,26)(H4,24,25,28). The van der Waals surface area contributed by atoms with Gasteiger partial charge in [0, 0.05) is 23.5 Å². The number of nitrogens with zero attached hydrogens (tertiary/aromatic N) is 5. The maximum atomic E-state index is 9.79. The van der Waals surface area contributed by atoms with E-state index in [0.29, 0.717) is 12.4 Å². The first-order valence-corrected chi connectivity index (χ1v) is 10.1. The van der Waals surface area contributed by atoms with Crippen molar-refractivity contribution in [1.82, 2.24) is 5.01 Å². The minimum absolute atomic E-state index is 0.118. The van der Waals surface area contributed by atoms with Gasteiger partial charge in [0.05, 0.1) is 0 Å². The molecule has 0 radical (unpaired) electrons. The molecule has 0 bridgehead atoms. The Hall–Kier alpha value is -3.95. The SMILES string of the molecule is NC(N)=NN=C(N(N=C(N)N)C1=CCCCC1)N(C1=CCC=CC1)c1ccc(O)cc1. The highest BCUT2D eigenvalue weighted by atomic mass is 16.3. The van der Waals surface area contributed by atoms with Crippen molar-refractivity contribution in [1.29, 1.82) is 0 Å². The highest BCUT2D eigenvalue weighted by molar-refractivity contribution is 6.00. The lowest BCUT2D eigenvalue weighted by atomic mass is 10.0. The van der Waals surface area contributed by atoms with Crippen molar-refractivity contribution in [3.63, 3.8) is 0 Å². The van der Waals surface area contributed by atoms with Gasteiger partial charge in [-0.05, 0) is 56.4 Å². The predicted octanol–water partition coefficient (Wildman–Crippen LogP) is 1.93. The summed E-state index contributed by atoms with van der Waals surface area (Å²) in [5.74, 6) is 0.164. The molecule has 1 aromatic carbocycles. The molecule has 3 rings (SSSR count). The average molecular weight is 424 g/mol. The van der Waals surface area contributed by atoms with Crippen molar-refractivity contribution >= 4 is 23.6 Å². The lowest BCUT2D eigenvalue weighted by Crippen LogP contribution is -2.43. The molecule has 0 aromatic heterocycles. The van der Waals surface area contributed by atoms with Crippen LogP contribution in [0.5, 0.6) is 5.75 Å². The lowest BCUT2D eigenvalue weighted by Gasteiger charge is -2.34. The van der Waals surface area contributed by atoms with Gasteiger partial charge >= 0.3 is 0 Å². The zero-order valence-electron chi connectivity index (χ0n) is 17.4. The molecule has 2 aliphatic carbocycles. The summed E-state index contributed by atoms with van der Waals surface area (Å²) in [6.45, 7) is 0.